The Morgan fingerprint density at radius 2 is 1.93 bits per heavy atom. The van der Waals surface area contributed by atoms with Gasteiger partial charge in [-0.05, 0) is 19.8 Å². The van der Waals surface area contributed by atoms with Crippen LogP contribution < -0.4 is 5.43 Å². The molecule has 82 valence electrons. The second kappa shape index (κ2) is 8.73. The highest BCUT2D eigenvalue weighted by molar-refractivity contribution is 5.84. The van der Waals surface area contributed by atoms with Gasteiger partial charge in [-0.25, -0.2) is 5.43 Å². The number of nitrogens with one attached hydrogen (secondary N) is 1. The van der Waals surface area contributed by atoms with Gasteiger partial charge in [-0.2, -0.15) is 5.10 Å². The molecule has 0 rings (SSSR count). The van der Waals surface area contributed by atoms with E-state index in [9.17, 15) is 4.79 Å². The molecule has 0 aliphatic rings. The molecule has 0 unspecified atom stereocenters. The van der Waals surface area contributed by atoms with Crippen LogP contribution >= 0.6 is 0 Å². The molecular formula is C11H22N2O. The van der Waals surface area contributed by atoms with E-state index in [1.165, 1.54) is 12.8 Å². The van der Waals surface area contributed by atoms with Crippen molar-refractivity contribution in [3.05, 3.63) is 0 Å². The molecule has 0 aliphatic heterocycles. The molecule has 0 aliphatic carbocycles. The lowest BCUT2D eigenvalue weighted by Crippen LogP contribution is -2.18. The molecule has 3 heteroatoms. The first-order valence-corrected chi connectivity index (χ1v) is 5.52. The maximum absolute atomic E-state index is 11.2. The monoisotopic (exact) mass is 198 g/mol. The van der Waals surface area contributed by atoms with Crippen LogP contribution in [0.5, 0.6) is 0 Å². The Labute approximate surface area is 87.0 Å². The van der Waals surface area contributed by atoms with E-state index < -0.39 is 0 Å². The summed E-state index contributed by atoms with van der Waals surface area (Å²) in [5.74, 6) is 0.0360. The van der Waals surface area contributed by atoms with E-state index in [1.807, 2.05) is 13.8 Å². The number of carbonyl (C=O) groups is 1. The molecule has 0 spiro atoms. The van der Waals surface area contributed by atoms with E-state index in [0.717, 1.165) is 25.0 Å². The Balaban J connectivity index is 3.46. The number of nitrogens with zero attached hydrogens (tertiary/aromatic N) is 1. The zero-order valence-electron chi connectivity index (χ0n) is 9.60. The first kappa shape index (κ1) is 13.1. The second-order valence-corrected chi connectivity index (χ2v) is 3.55. The standard InChI is InChI=1S/C11H22N2O/c1-4-6-7-8-9-11(14)13-12-10(3)5-2/h4-9H2,1-3H3,(H,13,14). The summed E-state index contributed by atoms with van der Waals surface area (Å²) in [6, 6.07) is 0. The number of rotatable bonds is 7. The summed E-state index contributed by atoms with van der Waals surface area (Å²) in [7, 11) is 0. The Kier molecular flexibility index (Phi) is 8.19. The minimum absolute atomic E-state index is 0.0360. The third-order valence-corrected chi connectivity index (χ3v) is 2.14. The number of unbranched alkanes of at least 4 members (excludes halogenated alkanes) is 3. The fourth-order valence-corrected chi connectivity index (χ4v) is 1.01. The number of hydrogen-bond donors (Lipinski definition) is 1. The highest BCUT2D eigenvalue weighted by Crippen LogP contribution is 2.01. The molecule has 0 aromatic heterocycles. The van der Waals surface area contributed by atoms with Gasteiger partial charge in [0, 0.05) is 12.1 Å². The van der Waals surface area contributed by atoms with E-state index in [-0.39, 0.29) is 5.91 Å². The fourth-order valence-electron chi connectivity index (χ4n) is 1.01. The molecule has 0 saturated carbocycles. The molecule has 1 amide bonds. The first-order chi connectivity index (χ1) is 6.70. The van der Waals surface area contributed by atoms with Crippen molar-refractivity contribution in [2.45, 2.75) is 59.3 Å². The van der Waals surface area contributed by atoms with Crippen LogP contribution in [0.2, 0.25) is 0 Å². The second-order valence-electron chi connectivity index (χ2n) is 3.55. The number of carbonyl (C=O) groups excluding carboxylic acids is 1. The molecule has 3 nitrogen and oxygen atoms in total. The summed E-state index contributed by atoms with van der Waals surface area (Å²) in [4.78, 5) is 11.2. The third-order valence-electron chi connectivity index (χ3n) is 2.14. The number of hydrazone groups is 1. The molecule has 0 aromatic carbocycles. The first-order valence-electron chi connectivity index (χ1n) is 5.52. The van der Waals surface area contributed by atoms with Crippen molar-refractivity contribution < 1.29 is 4.79 Å². The number of hydrogen-bond acceptors (Lipinski definition) is 2. The van der Waals surface area contributed by atoms with Gasteiger partial charge < -0.3 is 0 Å². The molecular weight excluding hydrogens is 176 g/mol. The zero-order chi connectivity index (χ0) is 10.8. The Hall–Kier alpha value is -0.860. The van der Waals surface area contributed by atoms with E-state index >= 15 is 0 Å². The maximum Gasteiger partial charge on any atom is 0.240 e. The van der Waals surface area contributed by atoms with Crippen molar-refractivity contribution >= 4 is 11.6 Å². The molecule has 0 fully saturated rings. The fraction of sp³-hybridized carbons (Fsp3) is 0.818. The quantitative estimate of drug-likeness (QED) is 0.381. The van der Waals surface area contributed by atoms with E-state index in [4.69, 9.17) is 0 Å². The summed E-state index contributed by atoms with van der Waals surface area (Å²) >= 11 is 0. The van der Waals surface area contributed by atoms with Crippen LogP contribution in [0.25, 0.3) is 0 Å². The Morgan fingerprint density at radius 3 is 2.50 bits per heavy atom. The van der Waals surface area contributed by atoms with E-state index in [0.29, 0.717) is 6.42 Å². The third kappa shape index (κ3) is 7.77. The van der Waals surface area contributed by atoms with Crippen LogP contribution in [-0.4, -0.2) is 11.6 Å². The highest BCUT2D eigenvalue weighted by Gasteiger charge is 1.98. The Bertz CT molecular complexity index is 188. The van der Waals surface area contributed by atoms with E-state index in [1.54, 1.807) is 0 Å². The minimum Gasteiger partial charge on any atom is -0.273 e. The van der Waals surface area contributed by atoms with Crippen molar-refractivity contribution in [2.24, 2.45) is 5.10 Å². The van der Waals surface area contributed by atoms with E-state index in [2.05, 4.69) is 17.5 Å². The predicted molar refractivity (Wildman–Crippen MR) is 60.3 cm³/mol. The van der Waals surface area contributed by atoms with Gasteiger partial charge in [0.15, 0.2) is 0 Å². The lowest BCUT2D eigenvalue weighted by atomic mass is 10.1. The van der Waals surface area contributed by atoms with Gasteiger partial charge in [0.1, 0.15) is 0 Å². The normalized spacial score (nSPS) is 11.5. The molecule has 0 radical (unpaired) electrons. The molecule has 0 heterocycles. The summed E-state index contributed by atoms with van der Waals surface area (Å²) in [6.07, 6.45) is 6.01. The van der Waals surface area contributed by atoms with Gasteiger partial charge in [-0.15, -0.1) is 0 Å². The largest absolute Gasteiger partial charge is 0.273 e. The molecule has 0 aromatic rings. The maximum atomic E-state index is 11.2. The summed E-state index contributed by atoms with van der Waals surface area (Å²) in [5, 5.41) is 3.96. The minimum atomic E-state index is 0.0360. The predicted octanol–water partition coefficient (Wildman–Crippen LogP) is 2.86. The van der Waals surface area contributed by atoms with Gasteiger partial charge in [0.2, 0.25) is 5.91 Å². The van der Waals surface area contributed by atoms with Crippen molar-refractivity contribution in [3.8, 4) is 0 Å². The van der Waals surface area contributed by atoms with Gasteiger partial charge in [0.05, 0.1) is 0 Å². The van der Waals surface area contributed by atoms with Crippen molar-refractivity contribution in [1.82, 2.24) is 5.43 Å². The van der Waals surface area contributed by atoms with Crippen molar-refractivity contribution in [1.29, 1.82) is 0 Å². The van der Waals surface area contributed by atoms with Gasteiger partial charge in [0.25, 0.3) is 0 Å². The molecule has 0 saturated heterocycles. The number of amides is 1. The lowest BCUT2D eigenvalue weighted by Gasteiger charge is -2.00. The van der Waals surface area contributed by atoms with Crippen LogP contribution in [-0.2, 0) is 4.79 Å². The summed E-state index contributed by atoms with van der Waals surface area (Å²) in [6.45, 7) is 6.10. The summed E-state index contributed by atoms with van der Waals surface area (Å²) in [5.41, 5.74) is 3.52. The molecule has 1 N–H and O–H groups in total. The van der Waals surface area contributed by atoms with Crippen LogP contribution in [0.4, 0.5) is 0 Å². The summed E-state index contributed by atoms with van der Waals surface area (Å²) < 4.78 is 0. The SMILES string of the molecule is CCCCCCC(=O)NN=C(C)CC. The van der Waals surface area contributed by atoms with Gasteiger partial charge >= 0.3 is 0 Å². The van der Waals surface area contributed by atoms with Crippen LogP contribution in [0.3, 0.4) is 0 Å². The van der Waals surface area contributed by atoms with Crippen LogP contribution in [0, 0.1) is 0 Å². The lowest BCUT2D eigenvalue weighted by molar-refractivity contribution is -0.121. The topological polar surface area (TPSA) is 41.5 Å². The van der Waals surface area contributed by atoms with Crippen LogP contribution in [0.15, 0.2) is 5.10 Å². The average molecular weight is 198 g/mol. The van der Waals surface area contributed by atoms with Crippen LogP contribution in [0.1, 0.15) is 59.3 Å². The average Bonchev–Trinajstić information content (AvgIpc) is 2.21. The van der Waals surface area contributed by atoms with Gasteiger partial charge in [-0.1, -0.05) is 33.1 Å². The molecule has 0 bridgehead atoms. The van der Waals surface area contributed by atoms with Crippen molar-refractivity contribution in [2.75, 3.05) is 0 Å². The highest BCUT2D eigenvalue weighted by atomic mass is 16.2. The Morgan fingerprint density at radius 1 is 1.21 bits per heavy atom. The van der Waals surface area contributed by atoms with Gasteiger partial charge in [-0.3, -0.25) is 4.79 Å². The molecule has 14 heavy (non-hydrogen) atoms. The smallest absolute Gasteiger partial charge is 0.240 e. The van der Waals surface area contributed by atoms with Crippen molar-refractivity contribution in [3.63, 3.8) is 0 Å². The molecule has 0 atom stereocenters. The zero-order valence-corrected chi connectivity index (χ0v) is 9.60.